The van der Waals surface area contributed by atoms with E-state index in [4.69, 9.17) is 11.6 Å². The number of benzene rings is 1. The summed E-state index contributed by atoms with van der Waals surface area (Å²) in [5.41, 5.74) is 0.835. The first kappa shape index (κ1) is 12.4. The molecular formula is C11H14ClNOS. The van der Waals surface area contributed by atoms with Crippen molar-refractivity contribution in [3.05, 3.63) is 24.3 Å². The van der Waals surface area contributed by atoms with Gasteiger partial charge in [0.2, 0.25) is 5.91 Å². The molecule has 1 rings (SSSR count). The standard InChI is InChI=1S/C11H14ClNOS/c1-3-15-10-7-5-4-6-9(10)13-11(14)8(2)12/h4-8H,3H2,1-2H3,(H,13,14). The number of carbonyl (C=O) groups is 1. The fourth-order valence-electron chi connectivity index (χ4n) is 1.08. The molecule has 15 heavy (non-hydrogen) atoms. The molecule has 0 aromatic heterocycles. The molecule has 0 saturated carbocycles. The van der Waals surface area contributed by atoms with Crippen molar-refractivity contribution >= 4 is 35.0 Å². The number of hydrogen-bond donors (Lipinski definition) is 1. The zero-order valence-corrected chi connectivity index (χ0v) is 10.4. The molecule has 0 radical (unpaired) electrons. The van der Waals surface area contributed by atoms with E-state index in [0.29, 0.717) is 0 Å². The van der Waals surface area contributed by atoms with E-state index in [9.17, 15) is 4.79 Å². The highest BCUT2D eigenvalue weighted by molar-refractivity contribution is 7.99. The summed E-state index contributed by atoms with van der Waals surface area (Å²) < 4.78 is 0. The van der Waals surface area contributed by atoms with Crippen molar-refractivity contribution in [3.8, 4) is 0 Å². The minimum atomic E-state index is -0.510. The van der Waals surface area contributed by atoms with E-state index < -0.39 is 5.38 Å². The van der Waals surface area contributed by atoms with Crippen LogP contribution in [0.5, 0.6) is 0 Å². The Morgan fingerprint density at radius 2 is 2.20 bits per heavy atom. The average molecular weight is 244 g/mol. The maximum Gasteiger partial charge on any atom is 0.242 e. The van der Waals surface area contributed by atoms with Crippen LogP contribution in [0.4, 0.5) is 5.69 Å². The van der Waals surface area contributed by atoms with E-state index in [-0.39, 0.29) is 5.91 Å². The van der Waals surface area contributed by atoms with Crippen molar-refractivity contribution in [1.82, 2.24) is 0 Å². The molecular weight excluding hydrogens is 230 g/mol. The van der Waals surface area contributed by atoms with E-state index in [1.54, 1.807) is 18.7 Å². The Morgan fingerprint density at radius 3 is 2.80 bits per heavy atom. The van der Waals surface area contributed by atoms with Gasteiger partial charge < -0.3 is 5.32 Å². The number of rotatable bonds is 4. The Kier molecular flexibility index (Phi) is 4.99. The summed E-state index contributed by atoms with van der Waals surface area (Å²) >= 11 is 7.39. The predicted molar refractivity (Wildman–Crippen MR) is 66.8 cm³/mol. The van der Waals surface area contributed by atoms with Gasteiger partial charge in [0.15, 0.2) is 0 Å². The Balaban J connectivity index is 2.79. The van der Waals surface area contributed by atoms with Gasteiger partial charge in [0.25, 0.3) is 0 Å². The van der Waals surface area contributed by atoms with Gasteiger partial charge in [-0.1, -0.05) is 19.1 Å². The highest BCUT2D eigenvalue weighted by Gasteiger charge is 2.10. The van der Waals surface area contributed by atoms with Gasteiger partial charge in [0.1, 0.15) is 5.38 Å². The van der Waals surface area contributed by atoms with Crippen LogP contribution in [0.15, 0.2) is 29.2 Å². The quantitative estimate of drug-likeness (QED) is 0.649. The summed E-state index contributed by atoms with van der Waals surface area (Å²) in [6.45, 7) is 3.74. The molecule has 0 bridgehead atoms. The van der Waals surface area contributed by atoms with Gasteiger partial charge in [-0.2, -0.15) is 0 Å². The highest BCUT2D eigenvalue weighted by Crippen LogP contribution is 2.26. The zero-order valence-electron chi connectivity index (χ0n) is 8.79. The van der Waals surface area contributed by atoms with Gasteiger partial charge in [-0.15, -0.1) is 23.4 Å². The van der Waals surface area contributed by atoms with E-state index in [0.717, 1.165) is 16.3 Å². The monoisotopic (exact) mass is 243 g/mol. The van der Waals surface area contributed by atoms with E-state index in [1.165, 1.54) is 0 Å². The number of amides is 1. The number of anilines is 1. The molecule has 0 fully saturated rings. The summed E-state index contributed by atoms with van der Waals surface area (Å²) in [6, 6.07) is 7.73. The maximum absolute atomic E-state index is 11.4. The largest absolute Gasteiger partial charge is 0.324 e. The smallest absolute Gasteiger partial charge is 0.242 e. The van der Waals surface area contributed by atoms with Crippen LogP contribution >= 0.6 is 23.4 Å². The molecule has 0 heterocycles. The lowest BCUT2D eigenvalue weighted by Gasteiger charge is -2.10. The topological polar surface area (TPSA) is 29.1 Å². The number of carbonyl (C=O) groups excluding carboxylic acids is 1. The molecule has 1 amide bonds. The Morgan fingerprint density at radius 1 is 1.53 bits per heavy atom. The van der Waals surface area contributed by atoms with Crippen molar-refractivity contribution in [2.45, 2.75) is 24.1 Å². The molecule has 0 aliphatic carbocycles. The second-order valence-electron chi connectivity index (χ2n) is 3.03. The summed E-state index contributed by atoms with van der Waals surface area (Å²) in [7, 11) is 0. The summed E-state index contributed by atoms with van der Waals surface area (Å²) in [5, 5.41) is 2.29. The van der Waals surface area contributed by atoms with Crippen molar-refractivity contribution in [2.24, 2.45) is 0 Å². The molecule has 82 valence electrons. The number of halogens is 1. The van der Waals surface area contributed by atoms with Crippen molar-refractivity contribution in [2.75, 3.05) is 11.1 Å². The summed E-state index contributed by atoms with van der Waals surface area (Å²) in [5.74, 6) is 0.810. The van der Waals surface area contributed by atoms with Crippen LogP contribution in [0, 0.1) is 0 Å². The first-order valence-corrected chi connectivity index (χ1v) is 6.24. The zero-order chi connectivity index (χ0) is 11.3. The van der Waals surface area contributed by atoms with Crippen molar-refractivity contribution in [1.29, 1.82) is 0 Å². The van der Waals surface area contributed by atoms with Gasteiger partial charge in [-0.05, 0) is 24.8 Å². The van der Waals surface area contributed by atoms with Crippen LogP contribution in [0.1, 0.15) is 13.8 Å². The number of alkyl halides is 1. The molecule has 0 spiro atoms. The van der Waals surface area contributed by atoms with Gasteiger partial charge in [0.05, 0.1) is 5.69 Å². The third-order valence-corrected chi connectivity index (χ3v) is 2.96. The minimum absolute atomic E-state index is 0.166. The highest BCUT2D eigenvalue weighted by atomic mass is 35.5. The number of nitrogens with one attached hydrogen (secondary N) is 1. The second kappa shape index (κ2) is 6.03. The van der Waals surface area contributed by atoms with Crippen LogP contribution in [0.3, 0.4) is 0 Å². The van der Waals surface area contributed by atoms with Crippen LogP contribution in [-0.4, -0.2) is 17.0 Å². The van der Waals surface area contributed by atoms with E-state index in [1.807, 2.05) is 24.3 Å². The molecule has 1 N–H and O–H groups in total. The number of thioether (sulfide) groups is 1. The minimum Gasteiger partial charge on any atom is -0.324 e. The Hall–Kier alpha value is -0.670. The Bertz CT molecular complexity index is 341. The Labute approximate surface area is 99.4 Å². The fourth-order valence-corrected chi connectivity index (χ4v) is 1.90. The molecule has 1 atom stereocenters. The van der Waals surface area contributed by atoms with Crippen LogP contribution < -0.4 is 5.32 Å². The molecule has 0 aliphatic rings. The predicted octanol–water partition coefficient (Wildman–Crippen LogP) is 3.36. The summed E-state index contributed by atoms with van der Waals surface area (Å²) in [4.78, 5) is 12.5. The van der Waals surface area contributed by atoms with Crippen LogP contribution in [0.25, 0.3) is 0 Å². The normalized spacial score (nSPS) is 12.2. The average Bonchev–Trinajstić information content (AvgIpc) is 2.21. The van der Waals surface area contributed by atoms with Crippen LogP contribution in [0.2, 0.25) is 0 Å². The molecule has 0 aliphatic heterocycles. The van der Waals surface area contributed by atoms with Crippen LogP contribution in [-0.2, 0) is 4.79 Å². The van der Waals surface area contributed by atoms with Gasteiger partial charge >= 0.3 is 0 Å². The molecule has 1 unspecified atom stereocenters. The van der Waals surface area contributed by atoms with Gasteiger partial charge in [0, 0.05) is 4.90 Å². The third kappa shape index (κ3) is 3.76. The number of hydrogen-bond acceptors (Lipinski definition) is 2. The van der Waals surface area contributed by atoms with E-state index >= 15 is 0 Å². The third-order valence-electron chi connectivity index (χ3n) is 1.81. The molecule has 4 heteroatoms. The lowest BCUT2D eigenvalue weighted by Crippen LogP contribution is -2.20. The van der Waals surface area contributed by atoms with E-state index in [2.05, 4.69) is 12.2 Å². The lowest BCUT2D eigenvalue weighted by molar-refractivity contribution is -0.115. The van der Waals surface area contributed by atoms with Crippen molar-refractivity contribution in [3.63, 3.8) is 0 Å². The second-order valence-corrected chi connectivity index (χ2v) is 4.99. The molecule has 1 aromatic rings. The fraction of sp³-hybridized carbons (Fsp3) is 0.364. The lowest BCUT2D eigenvalue weighted by atomic mass is 10.3. The number of para-hydroxylation sites is 1. The molecule has 2 nitrogen and oxygen atoms in total. The first-order valence-electron chi connectivity index (χ1n) is 4.82. The summed E-state index contributed by atoms with van der Waals surface area (Å²) in [6.07, 6.45) is 0. The van der Waals surface area contributed by atoms with Gasteiger partial charge in [-0.3, -0.25) is 4.79 Å². The maximum atomic E-state index is 11.4. The molecule has 0 saturated heterocycles. The van der Waals surface area contributed by atoms with Gasteiger partial charge in [-0.25, -0.2) is 0 Å². The first-order chi connectivity index (χ1) is 7.15. The molecule has 1 aromatic carbocycles. The van der Waals surface area contributed by atoms with Crippen molar-refractivity contribution < 1.29 is 4.79 Å². The SMILES string of the molecule is CCSc1ccccc1NC(=O)C(C)Cl.